The number of aromatic nitrogens is 3. The first-order chi connectivity index (χ1) is 10.1. The smallest absolute Gasteiger partial charge is 0.240 e. The molecule has 0 saturated heterocycles. The van der Waals surface area contributed by atoms with E-state index in [4.69, 9.17) is 0 Å². The van der Waals surface area contributed by atoms with Crippen molar-refractivity contribution in [1.82, 2.24) is 15.0 Å². The monoisotopic (exact) mass is 282 g/mol. The van der Waals surface area contributed by atoms with Crippen molar-refractivity contribution in [3.8, 4) is 0 Å². The summed E-state index contributed by atoms with van der Waals surface area (Å²) in [4.78, 5) is 17.6. The van der Waals surface area contributed by atoms with E-state index in [1.165, 1.54) is 37.2 Å². The maximum atomic E-state index is 4.32. The van der Waals surface area contributed by atoms with E-state index in [2.05, 4.69) is 54.4 Å². The van der Waals surface area contributed by atoms with E-state index in [0.29, 0.717) is 17.8 Å². The van der Waals surface area contributed by atoms with Gasteiger partial charge in [0.1, 0.15) is 0 Å². The van der Waals surface area contributed by atoms with E-state index in [1.807, 2.05) is 0 Å². The highest BCUT2D eigenvalue weighted by molar-refractivity contribution is 5.53. The summed E-state index contributed by atoms with van der Waals surface area (Å²) >= 11 is 0. The Balaban J connectivity index is 3.50. The van der Waals surface area contributed by atoms with Gasteiger partial charge in [-0.15, -0.1) is 0 Å². The lowest BCUT2D eigenvalue weighted by Gasteiger charge is -2.20. The molecule has 0 N–H and O–H groups in total. The van der Waals surface area contributed by atoms with Crippen LogP contribution in [0.15, 0.2) is 76.7 Å². The maximum absolute atomic E-state index is 4.32. The molecule has 0 atom stereocenters. The molecule has 0 saturated carbocycles. The van der Waals surface area contributed by atoms with Gasteiger partial charge in [-0.3, -0.25) is 14.7 Å². The summed E-state index contributed by atoms with van der Waals surface area (Å²) in [7, 11) is 0. The van der Waals surface area contributed by atoms with Crippen molar-refractivity contribution >= 4 is 17.8 Å². The van der Waals surface area contributed by atoms with Crippen LogP contribution in [0.1, 0.15) is 0 Å². The van der Waals surface area contributed by atoms with Crippen molar-refractivity contribution in [3.63, 3.8) is 0 Å². The Hall–Kier alpha value is -3.15. The molecule has 0 amide bonds. The molecule has 0 spiro atoms. The molecular weight excluding hydrogens is 264 g/mol. The minimum absolute atomic E-state index is 0.349. The highest BCUT2D eigenvalue weighted by Gasteiger charge is 2.14. The van der Waals surface area contributed by atoms with Crippen LogP contribution in [-0.2, 0) is 0 Å². The van der Waals surface area contributed by atoms with Gasteiger partial charge < -0.3 is 0 Å². The number of hydrogen-bond acceptors (Lipinski definition) is 6. The number of anilines is 3. The molecule has 1 rings (SSSR count). The topological polar surface area (TPSA) is 48.4 Å². The minimum atomic E-state index is 0.349. The normalized spacial score (nSPS) is 9.14. The third-order valence-corrected chi connectivity index (χ3v) is 2.47. The first-order valence-corrected chi connectivity index (χ1v) is 6.01. The van der Waals surface area contributed by atoms with Crippen LogP contribution < -0.4 is 14.7 Å². The Morgan fingerprint density at radius 1 is 0.476 bits per heavy atom. The zero-order valence-corrected chi connectivity index (χ0v) is 11.9. The third kappa shape index (κ3) is 3.44. The SMILES string of the molecule is C=CN(C=C)c1nc(N(C=C)C=C)nc(N(C=C)C=C)n1. The molecule has 6 heteroatoms. The molecule has 21 heavy (non-hydrogen) atoms. The molecule has 1 heterocycles. The van der Waals surface area contributed by atoms with Crippen LogP contribution in [0, 0.1) is 0 Å². The summed E-state index contributed by atoms with van der Waals surface area (Å²) in [5, 5.41) is 0. The van der Waals surface area contributed by atoms with Gasteiger partial charge in [0.15, 0.2) is 0 Å². The largest absolute Gasteiger partial charge is 0.294 e. The van der Waals surface area contributed by atoms with Crippen LogP contribution in [0.2, 0.25) is 0 Å². The standard InChI is InChI=1S/C15H18N6/c1-7-19(8-2)13-16-14(20(9-3)10-4)18-15(17-13)21(11-5)12-6/h7-12H,1-6H2. The van der Waals surface area contributed by atoms with Crippen LogP contribution in [0.25, 0.3) is 0 Å². The van der Waals surface area contributed by atoms with E-state index in [0.717, 1.165) is 0 Å². The fraction of sp³-hybridized carbons (Fsp3) is 0. The van der Waals surface area contributed by atoms with Gasteiger partial charge in [-0.05, 0) is 0 Å². The second-order valence-electron chi connectivity index (χ2n) is 3.55. The van der Waals surface area contributed by atoms with E-state index < -0.39 is 0 Å². The van der Waals surface area contributed by atoms with Crippen LogP contribution in [0.5, 0.6) is 0 Å². The van der Waals surface area contributed by atoms with Crippen molar-refractivity contribution in [3.05, 3.63) is 76.7 Å². The van der Waals surface area contributed by atoms with Gasteiger partial charge in [-0.1, -0.05) is 39.5 Å². The molecule has 0 unspecified atom stereocenters. The average Bonchev–Trinajstić information content (AvgIpc) is 2.51. The average molecular weight is 282 g/mol. The van der Waals surface area contributed by atoms with Crippen molar-refractivity contribution in [2.75, 3.05) is 14.7 Å². The molecule has 0 aliphatic rings. The minimum Gasteiger partial charge on any atom is -0.294 e. The van der Waals surface area contributed by atoms with E-state index in [9.17, 15) is 0 Å². The summed E-state index contributed by atoms with van der Waals surface area (Å²) in [5.74, 6) is 1.05. The second kappa shape index (κ2) is 7.44. The molecule has 0 fully saturated rings. The summed E-state index contributed by atoms with van der Waals surface area (Å²) < 4.78 is 0. The highest BCUT2D eigenvalue weighted by atomic mass is 15.4. The summed E-state index contributed by atoms with van der Waals surface area (Å²) in [6.45, 7) is 22.1. The lowest BCUT2D eigenvalue weighted by atomic mass is 10.6. The maximum Gasteiger partial charge on any atom is 0.240 e. The van der Waals surface area contributed by atoms with Crippen molar-refractivity contribution in [2.24, 2.45) is 0 Å². The predicted octanol–water partition coefficient (Wildman–Crippen LogP) is 3.15. The van der Waals surface area contributed by atoms with Crippen molar-refractivity contribution < 1.29 is 0 Å². The van der Waals surface area contributed by atoms with Gasteiger partial charge in [0, 0.05) is 37.2 Å². The zero-order chi connectivity index (χ0) is 15.8. The van der Waals surface area contributed by atoms with Gasteiger partial charge in [-0.25, -0.2) is 0 Å². The lowest BCUT2D eigenvalue weighted by molar-refractivity contribution is 0.954. The fourth-order valence-electron chi connectivity index (χ4n) is 1.40. The Morgan fingerprint density at radius 2 is 0.667 bits per heavy atom. The number of nitrogens with zero attached hydrogens (tertiary/aromatic N) is 6. The quantitative estimate of drug-likeness (QED) is 0.693. The Labute approximate surface area is 125 Å². The van der Waals surface area contributed by atoms with Crippen molar-refractivity contribution in [1.29, 1.82) is 0 Å². The molecule has 6 nitrogen and oxygen atoms in total. The van der Waals surface area contributed by atoms with E-state index >= 15 is 0 Å². The molecule has 0 bridgehead atoms. The highest BCUT2D eigenvalue weighted by Crippen LogP contribution is 2.20. The molecule has 1 aromatic rings. The van der Waals surface area contributed by atoms with Crippen LogP contribution in [0.3, 0.4) is 0 Å². The first kappa shape index (κ1) is 15.9. The number of rotatable bonds is 9. The van der Waals surface area contributed by atoms with Crippen LogP contribution >= 0.6 is 0 Å². The second-order valence-corrected chi connectivity index (χ2v) is 3.55. The molecule has 1 aromatic heterocycles. The Bertz CT molecular complexity index is 460. The number of hydrogen-bond donors (Lipinski definition) is 0. The summed E-state index contributed by atoms with van der Waals surface area (Å²) in [6, 6.07) is 0. The van der Waals surface area contributed by atoms with Crippen LogP contribution in [-0.4, -0.2) is 15.0 Å². The molecule has 0 aliphatic carbocycles. The lowest BCUT2D eigenvalue weighted by Crippen LogP contribution is -2.19. The molecule has 108 valence electrons. The Morgan fingerprint density at radius 3 is 0.810 bits per heavy atom. The molecular formula is C15H18N6. The molecule has 0 radical (unpaired) electrons. The van der Waals surface area contributed by atoms with Gasteiger partial charge in [0.2, 0.25) is 17.8 Å². The van der Waals surface area contributed by atoms with Crippen LogP contribution in [0.4, 0.5) is 17.8 Å². The zero-order valence-electron chi connectivity index (χ0n) is 11.9. The molecule has 0 aromatic carbocycles. The fourth-order valence-corrected chi connectivity index (χ4v) is 1.40. The first-order valence-electron chi connectivity index (χ1n) is 6.01. The van der Waals surface area contributed by atoms with E-state index in [1.54, 1.807) is 14.7 Å². The van der Waals surface area contributed by atoms with Gasteiger partial charge in [0.25, 0.3) is 0 Å². The van der Waals surface area contributed by atoms with Gasteiger partial charge in [0.05, 0.1) is 0 Å². The van der Waals surface area contributed by atoms with E-state index in [-0.39, 0.29) is 0 Å². The molecule has 0 aliphatic heterocycles. The van der Waals surface area contributed by atoms with Gasteiger partial charge in [-0.2, -0.15) is 15.0 Å². The Kier molecular flexibility index (Phi) is 5.64. The summed E-state index contributed by atoms with van der Waals surface area (Å²) in [6.07, 6.45) is 9.22. The predicted molar refractivity (Wildman–Crippen MR) is 88.4 cm³/mol. The van der Waals surface area contributed by atoms with Crippen molar-refractivity contribution in [2.45, 2.75) is 0 Å². The third-order valence-electron chi connectivity index (χ3n) is 2.47. The van der Waals surface area contributed by atoms with Gasteiger partial charge >= 0.3 is 0 Å². The summed E-state index contributed by atoms with van der Waals surface area (Å²) in [5.41, 5.74) is 0.